The Kier molecular flexibility index (Phi) is 5.62. The van der Waals surface area contributed by atoms with Gasteiger partial charge in [-0.2, -0.15) is 8.42 Å². The number of fused-ring (bicyclic) bond motifs is 1. The van der Waals surface area contributed by atoms with Gasteiger partial charge in [0.2, 0.25) is 5.91 Å². The highest BCUT2D eigenvalue weighted by Gasteiger charge is 2.34. The summed E-state index contributed by atoms with van der Waals surface area (Å²) in [6.45, 7) is 7.04. The van der Waals surface area contributed by atoms with E-state index < -0.39 is 10.0 Å². The summed E-state index contributed by atoms with van der Waals surface area (Å²) in [6.07, 6.45) is 0. The van der Waals surface area contributed by atoms with E-state index in [0.717, 1.165) is 5.56 Å². The molecule has 8 heteroatoms. The third-order valence-electron chi connectivity index (χ3n) is 5.74. The maximum atomic E-state index is 12.6. The van der Waals surface area contributed by atoms with Crippen molar-refractivity contribution in [3.05, 3.63) is 65.2 Å². The Morgan fingerprint density at radius 3 is 2.43 bits per heavy atom. The van der Waals surface area contributed by atoms with Crippen molar-refractivity contribution in [2.24, 2.45) is 4.40 Å². The molecular weight excluding hydrogens is 400 g/mol. The second-order valence-electron chi connectivity index (χ2n) is 7.79. The summed E-state index contributed by atoms with van der Waals surface area (Å²) in [6, 6.07) is 14.8. The first-order valence-electron chi connectivity index (χ1n) is 10.1. The Balaban J connectivity index is 1.34. The van der Waals surface area contributed by atoms with Crippen LogP contribution in [0.2, 0.25) is 0 Å². The zero-order valence-electron chi connectivity index (χ0n) is 17.2. The Hall–Kier alpha value is -2.71. The van der Waals surface area contributed by atoms with Gasteiger partial charge in [0.25, 0.3) is 10.0 Å². The van der Waals surface area contributed by atoms with E-state index in [4.69, 9.17) is 0 Å². The second kappa shape index (κ2) is 8.20. The number of hydrogen-bond donors (Lipinski definition) is 1. The summed E-state index contributed by atoms with van der Waals surface area (Å²) in [4.78, 5) is 17.0. The van der Waals surface area contributed by atoms with Gasteiger partial charge in [-0.3, -0.25) is 9.69 Å². The summed E-state index contributed by atoms with van der Waals surface area (Å²) in [5, 5.41) is 3.01. The van der Waals surface area contributed by atoms with Gasteiger partial charge in [0.05, 0.1) is 6.04 Å². The van der Waals surface area contributed by atoms with Gasteiger partial charge in [0.15, 0.2) is 5.84 Å². The number of amidine groups is 1. The van der Waals surface area contributed by atoms with Gasteiger partial charge in [-0.25, -0.2) is 0 Å². The fourth-order valence-electron chi connectivity index (χ4n) is 3.85. The first kappa shape index (κ1) is 20.6. The smallest absolute Gasteiger partial charge is 0.285 e. The average molecular weight is 427 g/mol. The van der Waals surface area contributed by atoms with Crippen LogP contribution >= 0.6 is 0 Å². The number of nitrogens with zero attached hydrogens (tertiary/aromatic N) is 3. The van der Waals surface area contributed by atoms with E-state index in [1.165, 1.54) is 5.56 Å². The van der Waals surface area contributed by atoms with Crippen LogP contribution in [-0.2, 0) is 21.4 Å². The van der Waals surface area contributed by atoms with Crippen LogP contribution in [0.15, 0.2) is 57.8 Å². The topological polar surface area (TPSA) is 82.1 Å². The fraction of sp³-hybridized carbons (Fsp3) is 0.364. The van der Waals surface area contributed by atoms with Crippen molar-refractivity contribution in [2.75, 3.05) is 26.2 Å². The third-order valence-corrected chi connectivity index (χ3v) is 7.07. The molecule has 0 unspecified atom stereocenters. The maximum Gasteiger partial charge on any atom is 0.285 e. The number of piperazine rings is 1. The molecule has 2 aliphatic heterocycles. The summed E-state index contributed by atoms with van der Waals surface area (Å²) < 4.78 is 28.6. The van der Waals surface area contributed by atoms with Gasteiger partial charge in [-0.15, -0.1) is 4.40 Å². The first-order valence-corrected chi connectivity index (χ1v) is 11.6. The lowest BCUT2D eigenvalue weighted by molar-refractivity contribution is -0.126. The van der Waals surface area contributed by atoms with Crippen LogP contribution in [0.3, 0.4) is 0 Å². The molecular formula is C22H26N4O3S. The highest BCUT2D eigenvalue weighted by atomic mass is 32.2. The standard InChI is InChI=1S/C22H26N4O3S/c1-16-7-9-18(10-8-16)15-23-22(27)17(2)25-11-13-26(14-12-25)21-19-5-3-4-6-20(19)30(28,29)24-21/h3-10,17H,11-15H2,1-2H3,(H,23,27)/t17-/m1/s1. The first-order chi connectivity index (χ1) is 14.3. The molecule has 0 radical (unpaired) electrons. The van der Waals surface area contributed by atoms with Crippen molar-refractivity contribution in [2.45, 2.75) is 31.3 Å². The van der Waals surface area contributed by atoms with Crippen LogP contribution in [-0.4, -0.2) is 62.2 Å². The highest BCUT2D eigenvalue weighted by Crippen LogP contribution is 2.28. The molecule has 2 aromatic rings. The highest BCUT2D eigenvalue weighted by molar-refractivity contribution is 7.90. The van der Waals surface area contributed by atoms with E-state index in [2.05, 4.69) is 14.6 Å². The summed E-state index contributed by atoms with van der Waals surface area (Å²) in [7, 11) is -3.62. The van der Waals surface area contributed by atoms with Crippen molar-refractivity contribution in [1.29, 1.82) is 0 Å². The number of rotatable bonds is 4. The molecule has 1 fully saturated rings. The van der Waals surface area contributed by atoms with Crippen LogP contribution < -0.4 is 5.32 Å². The van der Waals surface area contributed by atoms with Gasteiger partial charge in [0.1, 0.15) is 4.90 Å². The van der Waals surface area contributed by atoms with Gasteiger partial charge >= 0.3 is 0 Å². The summed E-state index contributed by atoms with van der Waals surface area (Å²) in [5.41, 5.74) is 2.93. The molecule has 2 aliphatic rings. The predicted molar refractivity (Wildman–Crippen MR) is 116 cm³/mol. The number of aryl methyl sites for hydroxylation is 1. The molecule has 0 spiro atoms. The molecule has 1 N–H and O–H groups in total. The van der Waals surface area contributed by atoms with Crippen LogP contribution in [0.25, 0.3) is 0 Å². The molecule has 1 saturated heterocycles. The molecule has 4 rings (SSSR count). The molecule has 0 aromatic heterocycles. The number of sulfonamides is 1. The predicted octanol–water partition coefficient (Wildman–Crippen LogP) is 1.77. The Labute approximate surface area is 177 Å². The Morgan fingerprint density at radius 1 is 1.07 bits per heavy atom. The number of carbonyl (C=O) groups is 1. The Morgan fingerprint density at radius 2 is 1.73 bits per heavy atom. The minimum Gasteiger partial charge on any atom is -0.353 e. The summed E-state index contributed by atoms with van der Waals surface area (Å²) >= 11 is 0. The van der Waals surface area contributed by atoms with Crippen LogP contribution in [0.1, 0.15) is 23.6 Å². The van der Waals surface area contributed by atoms with E-state index in [0.29, 0.717) is 44.1 Å². The molecule has 0 saturated carbocycles. The van der Waals surface area contributed by atoms with Crippen molar-refractivity contribution in [3.63, 3.8) is 0 Å². The number of benzene rings is 2. The SMILES string of the molecule is Cc1ccc(CNC(=O)[C@@H](C)N2CCN(C3=NS(=O)(=O)c4ccccc43)CC2)cc1. The van der Waals surface area contributed by atoms with E-state index in [9.17, 15) is 13.2 Å². The summed E-state index contributed by atoms with van der Waals surface area (Å²) in [5.74, 6) is 0.511. The molecule has 7 nitrogen and oxygen atoms in total. The minimum absolute atomic E-state index is 0.00449. The van der Waals surface area contributed by atoms with Gasteiger partial charge in [-0.1, -0.05) is 42.0 Å². The number of amides is 1. The van der Waals surface area contributed by atoms with Crippen molar-refractivity contribution in [3.8, 4) is 0 Å². The quantitative estimate of drug-likeness (QED) is 0.806. The lowest BCUT2D eigenvalue weighted by Crippen LogP contribution is -2.54. The molecule has 0 aliphatic carbocycles. The molecule has 2 aromatic carbocycles. The van der Waals surface area contributed by atoms with Crippen molar-refractivity contribution in [1.82, 2.24) is 15.1 Å². The molecule has 158 valence electrons. The van der Waals surface area contributed by atoms with Crippen molar-refractivity contribution < 1.29 is 13.2 Å². The molecule has 30 heavy (non-hydrogen) atoms. The average Bonchev–Trinajstić information content (AvgIpc) is 3.04. The number of hydrogen-bond acceptors (Lipinski definition) is 5. The zero-order chi connectivity index (χ0) is 21.3. The molecule has 0 bridgehead atoms. The largest absolute Gasteiger partial charge is 0.353 e. The minimum atomic E-state index is -3.62. The molecule has 1 amide bonds. The van der Waals surface area contributed by atoms with Crippen LogP contribution in [0.5, 0.6) is 0 Å². The second-order valence-corrected chi connectivity index (χ2v) is 9.36. The lowest BCUT2D eigenvalue weighted by atomic mass is 10.1. The lowest BCUT2D eigenvalue weighted by Gasteiger charge is -2.38. The maximum absolute atomic E-state index is 12.6. The third kappa shape index (κ3) is 4.11. The monoisotopic (exact) mass is 426 g/mol. The van der Waals surface area contributed by atoms with Crippen LogP contribution in [0, 0.1) is 6.92 Å². The fourth-order valence-corrected chi connectivity index (χ4v) is 5.07. The van der Waals surface area contributed by atoms with E-state index in [-0.39, 0.29) is 16.8 Å². The Bertz CT molecular complexity index is 1070. The van der Waals surface area contributed by atoms with E-state index in [1.54, 1.807) is 18.2 Å². The van der Waals surface area contributed by atoms with Crippen LogP contribution in [0.4, 0.5) is 0 Å². The number of nitrogens with one attached hydrogen (secondary N) is 1. The van der Waals surface area contributed by atoms with Gasteiger partial charge in [-0.05, 0) is 31.5 Å². The van der Waals surface area contributed by atoms with Crippen molar-refractivity contribution >= 4 is 21.8 Å². The molecule has 2 heterocycles. The van der Waals surface area contributed by atoms with E-state index in [1.807, 2.05) is 49.1 Å². The van der Waals surface area contributed by atoms with E-state index >= 15 is 0 Å². The molecule has 1 atom stereocenters. The van der Waals surface area contributed by atoms with Gasteiger partial charge < -0.3 is 10.2 Å². The normalized spacial score (nSPS) is 19.1. The number of carbonyl (C=O) groups excluding carboxylic acids is 1. The van der Waals surface area contributed by atoms with Gasteiger partial charge in [0, 0.05) is 38.3 Å². The zero-order valence-corrected chi connectivity index (χ0v) is 18.0.